The maximum Gasteiger partial charge on any atom is 0.257 e. The molecule has 3 rings (SSSR count). The molecule has 2 aromatic carbocycles. The van der Waals surface area contributed by atoms with Gasteiger partial charge in [-0.1, -0.05) is 30.7 Å². The molecule has 31 heavy (non-hydrogen) atoms. The Bertz CT molecular complexity index is 926. The zero-order chi connectivity index (χ0) is 22.4. The van der Waals surface area contributed by atoms with Gasteiger partial charge < -0.3 is 19.9 Å². The Morgan fingerprint density at radius 1 is 1.19 bits per heavy atom. The summed E-state index contributed by atoms with van der Waals surface area (Å²) in [5.74, 6) is -0.180. The fourth-order valence-electron chi connectivity index (χ4n) is 3.79. The van der Waals surface area contributed by atoms with E-state index < -0.39 is 0 Å². The summed E-state index contributed by atoms with van der Waals surface area (Å²) in [6.45, 7) is 3.66. The van der Waals surface area contributed by atoms with Crippen LogP contribution in [0.15, 0.2) is 42.5 Å². The molecule has 2 amide bonds. The number of ether oxygens (including phenoxy) is 1. The summed E-state index contributed by atoms with van der Waals surface area (Å²) in [5.41, 5.74) is 3.04. The van der Waals surface area contributed by atoms with E-state index in [4.69, 9.17) is 16.3 Å². The van der Waals surface area contributed by atoms with Crippen molar-refractivity contribution in [2.24, 2.45) is 0 Å². The lowest BCUT2D eigenvalue weighted by Crippen LogP contribution is -2.36. The van der Waals surface area contributed by atoms with Crippen LogP contribution in [0.2, 0.25) is 5.02 Å². The maximum absolute atomic E-state index is 12.7. The lowest BCUT2D eigenvalue weighted by Gasteiger charge is -2.28. The predicted octanol–water partition coefficient (Wildman–Crippen LogP) is 4.58. The first-order valence-corrected chi connectivity index (χ1v) is 11.0. The molecule has 1 unspecified atom stereocenters. The molecule has 6 nitrogen and oxygen atoms in total. The molecule has 0 aliphatic carbocycles. The number of hydrogen-bond donors (Lipinski definition) is 1. The Balaban J connectivity index is 1.84. The zero-order valence-corrected chi connectivity index (χ0v) is 19.1. The number of rotatable bonds is 8. The Morgan fingerprint density at radius 3 is 2.61 bits per heavy atom. The van der Waals surface area contributed by atoms with Crippen LogP contribution in [0, 0.1) is 0 Å². The number of carbonyl (C=O) groups is 2. The van der Waals surface area contributed by atoms with Crippen molar-refractivity contribution < 1.29 is 14.3 Å². The average molecular weight is 444 g/mol. The van der Waals surface area contributed by atoms with Gasteiger partial charge in [-0.3, -0.25) is 9.59 Å². The van der Waals surface area contributed by atoms with Crippen molar-refractivity contribution in [1.29, 1.82) is 0 Å². The zero-order valence-electron chi connectivity index (χ0n) is 18.4. The van der Waals surface area contributed by atoms with Crippen molar-refractivity contribution in [2.75, 3.05) is 37.5 Å². The van der Waals surface area contributed by atoms with Crippen LogP contribution in [0.5, 0.6) is 0 Å². The molecule has 1 fully saturated rings. The van der Waals surface area contributed by atoms with Crippen LogP contribution in [0.3, 0.4) is 0 Å². The molecule has 7 heteroatoms. The normalized spacial score (nSPS) is 15.5. The molecule has 0 bridgehead atoms. The van der Waals surface area contributed by atoms with Crippen molar-refractivity contribution >= 4 is 34.8 Å². The second-order valence-corrected chi connectivity index (χ2v) is 8.34. The second kappa shape index (κ2) is 10.6. The van der Waals surface area contributed by atoms with Gasteiger partial charge in [-0.2, -0.15) is 0 Å². The highest BCUT2D eigenvalue weighted by atomic mass is 35.5. The molecule has 1 aliphatic rings. The van der Waals surface area contributed by atoms with Crippen molar-refractivity contribution in [2.45, 2.75) is 38.8 Å². The fraction of sp³-hybridized carbons (Fsp3) is 0.417. The molecule has 0 saturated carbocycles. The van der Waals surface area contributed by atoms with Crippen molar-refractivity contribution in [1.82, 2.24) is 4.90 Å². The van der Waals surface area contributed by atoms with E-state index in [1.165, 1.54) is 0 Å². The van der Waals surface area contributed by atoms with E-state index in [1.54, 1.807) is 24.3 Å². The molecule has 1 N–H and O–H groups in total. The Morgan fingerprint density at radius 2 is 1.97 bits per heavy atom. The third-order valence-electron chi connectivity index (χ3n) is 5.40. The summed E-state index contributed by atoms with van der Waals surface area (Å²) in [6, 6.07) is 12.7. The molecule has 0 aromatic heterocycles. The summed E-state index contributed by atoms with van der Waals surface area (Å²) in [6.07, 6.45) is 2.53. The maximum atomic E-state index is 12.7. The van der Waals surface area contributed by atoms with Crippen molar-refractivity contribution in [3.05, 3.63) is 58.6 Å². The largest absolute Gasteiger partial charge is 0.377 e. The quantitative estimate of drug-likeness (QED) is 0.648. The Labute approximate surface area is 189 Å². The van der Waals surface area contributed by atoms with Crippen LogP contribution in [0.1, 0.15) is 42.1 Å². The van der Waals surface area contributed by atoms with Crippen LogP contribution in [0.4, 0.5) is 11.4 Å². The van der Waals surface area contributed by atoms with E-state index in [2.05, 4.69) is 5.32 Å². The van der Waals surface area contributed by atoms with Gasteiger partial charge in [0.15, 0.2) is 0 Å². The molecule has 166 valence electrons. The van der Waals surface area contributed by atoms with Crippen molar-refractivity contribution in [3.8, 4) is 0 Å². The third-order valence-corrected chi connectivity index (χ3v) is 5.73. The summed E-state index contributed by atoms with van der Waals surface area (Å²) in [4.78, 5) is 29.2. The van der Waals surface area contributed by atoms with Gasteiger partial charge in [0.05, 0.1) is 16.7 Å². The number of anilines is 2. The molecule has 0 spiro atoms. The summed E-state index contributed by atoms with van der Waals surface area (Å²) < 4.78 is 5.76. The van der Waals surface area contributed by atoms with Crippen LogP contribution < -0.4 is 10.2 Å². The topological polar surface area (TPSA) is 61.9 Å². The summed E-state index contributed by atoms with van der Waals surface area (Å²) >= 11 is 6.16. The number of hydrogen-bond acceptors (Lipinski definition) is 4. The minimum Gasteiger partial charge on any atom is -0.377 e. The molecule has 0 radical (unpaired) electrons. The molecule has 2 aromatic rings. The number of halogens is 1. The Hall–Kier alpha value is -2.57. The number of nitrogens with zero attached hydrogens (tertiary/aromatic N) is 2. The highest BCUT2D eigenvalue weighted by Gasteiger charge is 2.23. The van der Waals surface area contributed by atoms with Gasteiger partial charge >= 0.3 is 0 Å². The van der Waals surface area contributed by atoms with E-state index in [1.807, 2.05) is 49.0 Å². The minimum atomic E-state index is -0.269. The molecule has 1 aliphatic heterocycles. The number of benzene rings is 2. The van der Waals surface area contributed by atoms with Gasteiger partial charge in [-0.05, 0) is 48.7 Å². The third kappa shape index (κ3) is 5.99. The van der Waals surface area contributed by atoms with Crippen LogP contribution in [0.25, 0.3) is 0 Å². The SMILES string of the molecule is CCC(=O)N(Cc1cc(NC(=O)c2ccccc2Cl)ccc1N(C)C)CC1CCCO1. The smallest absolute Gasteiger partial charge is 0.257 e. The molecular formula is C24H30ClN3O3. The van der Waals surface area contributed by atoms with Crippen molar-refractivity contribution in [3.63, 3.8) is 0 Å². The van der Waals surface area contributed by atoms with Gasteiger partial charge in [-0.15, -0.1) is 0 Å². The van der Waals surface area contributed by atoms with Gasteiger partial charge in [0.25, 0.3) is 5.91 Å². The number of nitrogens with one attached hydrogen (secondary N) is 1. The molecule has 1 heterocycles. The monoisotopic (exact) mass is 443 g/mol. The highest BCUT2D eigenvalue weighted by Crippen LogP contribution is 2.26. The summed E-state index contributed by atoms with van der Waals surface area (Å²) in [5, 5.41) is 3.33. The van der Waals surface area contributed by atoms with E-state index in [9.17, 15) is 9.59 Å². The Kier molecular flexibility index (Phi) is 7.93. The lowest BCUT2D eigenvalue weighted by molar-refractivity contribution is -0.133. The standard InChI is InChI=1S/C24H30ClN3O3/c1-4-23(29)28(16-19-8-7-13-31-19)15-17-14-18(11-12-22(17)27(2)3)26-24(30)20-9-5-6-10-21(20)25/h5-6,9-12,14,19H,4,7-8,13,15-16H2,1-3H3,(H,26,30). The van der Waals surface area contributed by atoms with Gasteiger partial charge in [-0.25, -0.2) is 0 Å². The number of amides is 2. The minimum absolute atomic E-state index is 0.0846. The van der Waals surface area contributed by atoms with Crippen LogP contribution >= 0.6 is 11.6 Å². The van der Waals surface area contributed by atoms with E-state index in [0.717, 1.165) is 30.7 Å². The molecular weight excluding hydrogens is 414 g/mol. The molecule has 1 atom stereocenters. The average Bonchev–Trinajstić information content (AvgIpc) is 3.26. The highest BCUT2D eigenvalue weighted by molar-refractivity contribution is 6.34. The fourth-order valence-corrected chi connectivity index (χ4v) is 4.01. The molecule has 1 saturated heterocycles. The van der Waals surface area contributed by atoms with E-state index in [0.29, 0.717) is 35.8 Å². The number of carbonyl (C=O) groups excluding carboxylic acids is 2. The first kappa shape index (κ1) is 23.1. The first-order valence-electron chi connectivity index (χ1n) is 10.6. The van der Waals surface area contributed by atoms with E-state index in [-0.39, 0.29) is 17.9 Å². The van der Waals surface area contributed by atoms with Crippen LogP contribution in [-0.2, 0) is 16.1 Å². The summed E-state index contributed by atoms with van der Waals surface area (Å²) in [7, 11) is 3.93. The van der Waals surface area contributed by atoms with Gasteiger partial charge in [0.1, 0.15) is 0 Å². The second-order valence-electron chi connectivity index (χ2n) is 7.93. The van der Waals surface area contributed by atoms with Gasteiger partial charge in [0, 0.05) is 51.6 Å². The lowest BCUT2D eigenvalue weighted by atomic mass is 10.1. The predicted molar refractivity (Wildman–Crippen MR) is 125 cm³/mol. The van der Waals surface area contributed by atoms with Crippen LogP contribution in [-0.4, -0.2) is 50.1 Å². The van der Waals surface area contributed by atoms with E-state index >= 15 is 0 Å². The first-order chi connectivity index (χ1) is 14.9. The van der Waals surface area contributed by atoms with Gasteiger partial charge in [0.2, 0.25) is 5.91 Å².